The van der Waals surface area contributed by atoms with Crippen LogP contribution in [0.3, 0.4) is 0 Å². The van der Waals surface area contributed by atoms with Crippen LogP contribution in [0.25, 0.3) is 0 Å². The Bertz CT molecular complexity index is 509. The molecule has 0 saturated heterocycles. The number of hydrogen-bond donors (Lipinski definition) is 1. The van der Waals surface area contributed by atoms with Gasteiger partial charge in [-0.3, -0.25) is 0 Å². The maximum Gasteiger partial charge on any atom is 0.237 e. The summed E-state index contributed by atoms with van der Waals surface area (Å²) < 4.78 is 6.92. The monoisotopic (exact) mass is 283 g/mol. The molecule has 0 bridgehead atoms. The molecule has 104 valence electrons. The SMILES string of the molecule is CNCCn1nnnc1SCc1nc(C(C)C)no1. The number of aromatic nitrogens is 6. The lowest BCUT2D eigenvalue weighted by atomic mass is 10.2. The Labute approximate surface area is 115 Å². The molecule has 0 amide bonds. The second-order valence-corrected chi connectivity index (χ2v) is 5.22. The van der Waals surface area contributed by atoms with Gasteiger partial charge in [-0.25, -0.2) is 4.68 Å². The third kappa shape index (κ3) is 3.74. The molecule has 0 aliphatic rings. The van der Waals surface area contributed by atoms with Gasteiger partial charge in [0.05, 0.1) is 12.3 Å². The lowest BCUT2D eigenvalue weighted by molar-refractivity contribution is 0.382. The van der Waals surface area contributed by atoms with Gasteiger partial charge in [-0.1, -0.05) is 30.8 Å². The van der Waals surface area contributed by atoms with Gasteiger partial charge in [0, 0.05) is 12.5 Å². The quantitative estimate of drug-likeness (QED) is 0.742. The molecule has 8 nitrogen and oxygen atoms in total. The zero-order valence-electron chi connectivity index (χ0n) is 11.2. The van der Waals surface area contributed by atoms with Crippen LogP contribution in [-0.2, 0) is 12.3 Å². The molecule has 2 aromatic heterocycles. The molecule has 9 heteroatoms. The summed E-state index contributed by atoms with van der Waals surface area (Å²) in [6.45, 7) is 5.60. The second-order valence-electron chi connectivity index (χ2n) is 4.28. The molecular weight excluding hydrogens is 266 g/mol. The summed E-state index contributed by atoms with van der Waals surface area (Å²) in [5.41, 5.74) is 0. The van der Waals surface area contributed by atoms with Crippen molar-refractivity contribution in [1.82, 2.24) is 35.7 Å². The first-order valence-electron chi connectivity index (χ1n) is 6.06. The minimum Gasteiger partial charge on any atom is -0.338 e. The van der Waals surface area contributed by atoms with E-state index in [9.17, 15) is 0 Å². The molecule has 0 aliphatic carbocycles. The van der Waals surface area contributed by atoms with E-state index in [-0.39, 0.29) is 5.92 Å². The molecule has 0 aliphatic heterocycles. The zero-order valence-corrected chi connectivity index (χ0v) is 12.0. The Morgan fingerprint density at radius 3 is 2.95 bits per heavy atom. The highest BCUT2D eigenvalue weighted by Gasteiger charge is 2.12. The molecule has 0 fully saturated rings. The standard InChI is InChI=1S/C10H17N7OS/c1-7(2)9-12-8(18-14-9)6-19-10-13-15-16-17(10)5-4-11-3/h7,11H,4-6H2,1-3H3. The summed E-state index contributed by atoms with van der Waals surface area (Å²) in [6.07, 6.45) is 0. The van der Waals surface area contributed by atoms with Gasteiger partial charge in [0.1, 0.15) is 0 Å². The summed E-state index contributed by atoms with van der Waals surface area (Å²) in [5, 5.41) is 19.3. The number of thioether (sulfide) groups is 1. The predicted octanol–water partition coefficient (Wildman–Crippen LogP) is 0.691. The molecule has 2 heterocycles. The minimum absolute atomic E-state index is 0.267. The van der Waals surface area contributed by atoms with Gasteiger partial charge in [-0.15, -0.1) is 5.10 Å². The van der Waals surface area contributed by atoms with Crippen molar-refractivity contribution < 1.29 is 4.52 Å². The Morgan fingerprint density at radius 1 is 1.42 bits per heavy atom. The number of hydrogen-bond acceptors (Lipinski definition) is 8. The lowest BCUT2D eigenvalue weighted by Gasteiger charge is -2.01. The summed E-state index contributed by atoms with van der Waals surface area (Å²) in [4.78, 5) is 4.31. The van der Waals surface area contributed by atoms with Crippen molar-refractivity contribution in [2.45, 2.75) is 37.2 Å². The van der Waals surface area contributed by atoms with Crippen LogP contribution in [0, 0.1) is 0 Å². The maximum atomic E-state index is 5.17. The van der Waals surface area contributed by atoms with E-state index in [2.05, 4.69) is 31.0 Å². The second kappa shape index (κ2) is 6.62. The first-order chi connectivity index (χ1) is 9.20. The van der Waals surface area contributed by atoms with Crippen LogP contribution in [0.2, 0.25) is 0 Å². The number of likely N-dealkylation sites (N-methyl/N-ethyl adjacent to an activating group) is 1. The van der Waals surface area contributed by atoms with Crippen molar-refractivity contribution in [3.8, 4) is 0 Å². The van der Waals surface area contributed by atoms with Gasteiger partial charge in [0.2, 0.25) is 11.0 Å². The fraction of sp³-hybridized carbons (Fsp3) is 0.700. The Hall–Kier alpha value is -1.48. The van der Waals surface area contributed by atoms with Crippen molar-refractivity contribution in [2.24, 2.45) is 0 Å². The summed E-state index contributed by atoms with van der Waals surface area (Å²) in [7, 11) is 1.89. The van der Waals surface area contributed by atoms with E-state index in [0.717, 1.165) is 24.1 Å². The van der Waals surface area contributed by atoms with Crippen molar-refractivity contribution in [1.29, 1.82) is 0 Å². The van der Waals surface area contributed by atoms with Crippen molar-refractivity contribution >= 4 is 11.8 Å². The van der Waals surface area contributed by atoms with Crippen LogP contribution in [0.1, 0.15) is 31.5 Å². The average molecular weight is 283 g/mol. The van der Waals surface area contributed by atoms with Crippen LogP contribution in [0.15, 0.2) is 9.68 Å². The minimum atomic E-state index is 0.267. The highest BCUT2D eigenvalue weighted by molar-refractivity contribution is 7.98. The third-order valence-electron chi connectivity index (χ3n) is 2.40. The van der Waals surface area contributed by atoms with E-state index >= 15 is 0 Å². The van der Waals surface area contributed by atoms with Crippen LogP contribution in [-0.4, -0.2) is 43.9 Å². The highest BCUT2D eigenvalue weighted by Crippen LogP contribution is 2.20. The molecule has 2 rings (SSSR count). The molecule has 0 atom stereocenters. The number of tetrazole rings is 1. The van der Waals surface area contributed by atoms with Crippen molar-refractivity contribution in [2.75, 3.05) is 13.6 Å². The van der Waals surface area contributed by atoms with Gasteiger partial charge in [-0.2, -0.15) is 4.98 Å². The molecule has 1 N–H and O–H groups in total. The smallest absolute Gasteiger partial charge is 0.237 e. The zero-order chi connectivity index (χ0) is 13.7. The van der Waals surface area contributed by atoms with Crippen molar-refractivity contribution in [3.05, 3.63) is 11.7 Å². The lowest BCUT2D eigenvalue weighted by Crippen LogP contribution is -2.16. The molecule has 0 unspecified atom stereocenters. The van der Waals surface area contributed by atoms with E-state index < -0.39 is 0 Å². The highest BCUT2D eigenvalue weighted by atomic mass is 32.2. The summed E-state index contributed by atoms with van der Waals surface area (Å²) >= 11 is 1.49. The topological polar surface area (TPSA) is 94.6 Å². The molecule has 19 heavy (non-hydrogen) atoms. The molecule has 0 radical (unpaired) electrons. The van der Waals surface area contributed by atoms with Gasteiger partial charge >= 0.3 is 0 Å². The number of nitrogens with one attached hydrogen (secondary N) is 1. The van der Waals surface area contributed by atoms with Gasteiger partial charge < -0.3 is 9.84 Å². The number of rotatable bonds is 7. The fourth-order valence-corrected chi connectivity index (χ4v) is 2.09. The van der Waals surface area contributed by atoms with E-state index in [1.165, 1.54) is 11.8 Å². The Balaban J connectivity index is 1.92. The van der Waals surface area contributed by atoms with E-state index in [1.54, 1.807) is 4.68 Å². The number of nitrogens with zero attached hydrogens (tertiary/aromatic N) is 6. The van der Waals surface area contributed by atoms with Crippen molar-refractivity contribution in [3.63, 3.8) is 0 Å². The first-order valence-corrected chi connectivity index (χ1v) is 7.05. The maximum absolute atomic E-state index is 5.17. The molecule has 0 aromatic carbocycles. The predicted molar refractivity (Wildman–Crippen MR) is 69.7 cm³/mol. The molecule has 0 spiro atoms. The average Bonchev–Trinajstić information content (AvgIpc) is 3.02. The largest absolute Gasteiger partial charge is 0.338 e. The Morgan fingerprint density at radius 2 is 2.26 bits per heavy atom. The van der Waals surface area contributed by atoms with Crippen LogP contribution >= 0.6 is 11.8 Å². The molecule has 0 saturated carbocycles. The summed E-state index contributed by atoms with van der Waals surface area (Å²) in [6, 6.07) is 0. The van der Waals surface area contributed by atoms with Crippen LogP contribution < -0.4 is 5.32 Å². The van der Waals surface area contributed by atoms with Crippen LogP contribution in [0.4, 0.5) is 0 Å². The normalized spacial score (nSPS) is 11.4. The fourth-order valence-electron chi connectivity index (χ4n) is 1.35. The Kier molecular flexibility index (Phi) is 4.86. The van der Waals surface area contributed by atoms with Crippen LogP contribution in [0.5, 0.6) is 0 Å². The molecule has 2 aromatic rings. The van der Waals surface area contributed by atoms with Gasteiger partial charge in [-0.05, 0) is 17.5 Å². The molecular formula is C10H17N7OS. The first kappa shape index (κ1) is 13.9. The van der Waals surface area contributed by atoms with Gasteiger partial charge in [0.25, 0.3) is 0 Å². The third-order valence-corrected chi connectivity index (χ3v) is 3.34. The van der Waals surface area contributed by atoms with E-state index in [1.807, 2.05) is 20.9 Å². The summed E-state index contributed by atoms with van der Waals surface area (Å²) in [5.74, 6) is 2.16. The van der Waals surface area contributed by atoms with Gasteiger partial charge in [0.15, 0.2) is 5.82 Å². The van der Waals surface area contributed by atoms with E-state index in [0.29, 0.717) is 11.6 Å². The van der Waals surface area contributed by atoms with E-state index in [4.69, 9.17) is 4.52 Å².